The molecule has 0 spiro atoms. The van der Waals surface area contributed by atoms with Gasteiger partial charge in [0.15, 0.2) is 0 Å². The molecule has 0 aliphatic heterocycles. The van der Waals surface area contributed by atoms with E-state index in [2.05, 4.69) is 0 Å². The predicted octanol–water partition coefficient (Wildman–Crippen LogP) is 2.94. The molecular formula is C10H10Cl2O2S. The number of halogens is 2. The Balaban J connectivity index is 2.29. The van der Waals surface area contributed by atoms with Gasteiger partial charge < -0.3 is 0 Å². The van der Waals surface area contributed by atoms with Crippen LogP contribution in [-0.2, 0) is 15.5 Å². The summed E-state index contributed by atoms with van der Waals surface area (Å²) >= 11 is 5.86. The van der Waals surface area contributed by atoms with Gasteiger partial charge in [-0.2, -0.15) is 0 Å². The lowest BCUT2D eigenvalue weighted by molar-refractivity contribution is 0.600. The molecule has 0 N–H and O–H groups in total. The van der Waals surface area contributed by atoms with E-state index in [0.29, 0.717) is 5.02 Å². The quantitative estimate of drug-likeness (QED) is 0.770. The molecule has 1 atom stereocenters. The van der Waals surface area contributed by atoms with Gasteiger partial charge in [0.1, 0.15) is 0 Å². The van der Waals surface area contributed by atoms with Crippen LogP contribution in [0.15, 0.2) is 18.2 Å². The predicted molar refractivity (Wildman–Crippen MR) is 62.2 cm³/mol. The topological polar surface area (TPSA) is 34.1 Å². The summed E-state index contributed by atoms with van der Waals surface area (Å²) in [4.78, 5) is 0. The van der Waals surface area contributed by atoms with Gasteiger partial charge in [-0.3, -0.25) is 0 Å². The maximum Gasteiger partial charge on any atom is 0.233 e. The Morgan fingerprint density at radius 2 is 2.13 bits per heavy atom. The third-order valence-corrected chi connectivity index (χ3v) is 4.12. The molecule has 0 saturated heterocycles. The molecule has 5 heteroatoms. The highest BCUT2D eigenvalue weighted by Crippen LogP contribution is 2.35. The first kappa shape index (κ1) is 11.2. The molecule has 15 heavy (non-hydrogen) atoms. The van der Waals surface area contributed by atoms with Gasteiger partial charge in [-0.1, -0.05) is 17.7 Å². The van der Waals surface area contributed by atoms with E-state index in [1.807, 2.05) is 12.1 Å². The number of hydrogen-bond acceptors (Lipinski definition) is 2. The molecule has 1 aromatic carbocycles. The van der Waals surface area contributed by atoms with Gasteiger partial charge in [0.25, 0.3) is 0 Å². The fourth-order valence-electron chi connectivity index (χ4n) is 2.09. The van der Waals surface area contributed by atoms with E-state index in [1.54, 1.807) is 6.07 Å². The largest absolute Gasteiger partial charge is 0.233 e. The van der Waals surface area contributed by atoms with Crippen molar-refractivity contribution in [3.8, 4) is 0 Å². The molecule has 1 aliphatic carbocycles. The minimum absolute atomic E-state index is 0.0171. The zero-order chi connectivity index (χ0) is 11.1. The smallest absolute Gasteiger partial charge is 0.212 e. The van der Waals surface area contributed by atoms with Gasteiger partial charge in [-0.15, -0.1) is 0 Å². The average Bonchev–Trinajstić information content (AvgIpc) is 2.45. The van der Waals surface area contributed by atoms with Crippen molar-refractivity contribution in [1.82, 2.24) is 0 Å². The van der Waals surface area contributed by atoms with Gasteiger partial charge in [0, 0.05) is 15.7 Å². The second-order valence-electron chi connectivity index (χ2n) is 3.78. The summed E-state index contributed by atoms with van der Waals surface area (Å²) in [5.74, 6) is 0.0446. The van der Waals surface area contributed by atoms with Gasteiger partial charge in [-0.25, -0.2) is 8.42 Å². The molecule has 1 aliphatic rings. The number of benzene rings is 1. The molecule has 82 valence electrons. The molecule has 0 radical (unpaired) electrons. The van der Waals surface area contributed by atoms with Gasteiger partial charge in [0.05, 0.1) is 5.75 Å². The lowest BCUT2D eigenvalue weighted by atomic mass is 10.0. The van der Waals surface area contributed by atoms with Crippen LogP contribution in [0.5, 0.6) is 0 Å². The van der Waals surface area contributed by atoms with Crippen molar-refractivity contribution >= 4 is 31.3 Å². The lowest BCUT2D eigenvalue weighted by Gasteiger charge is -2.08. The zero-order valence-corrected chi connectivity index (χ0v) is 10.2. The van der Waals surface area contributed by atoms with E-state index >= 15 is 0 Å². The highest BCUT2D eigenvalue weighted by atomic mass is 35.7. The van der Waals surface area contributed by atoms with Crippen molar-refractivity contribution in [1.29, 1.82) is 0 Å². The van der Waals surface area contributed by atoms with Crippen LogP contribution < -0.4 is 0 Å². The zero-order valence-electron chi connectivity index (χ0n) is 7.91. The van der Waals surface area contributed by atoms with Crippen LogP contribution in [0.1, 0.15) is 23.5 Å². The second-order valence-corrected chi connectivity index (χ2v) is 7.04. The Morgan fingerprint density at radius 3 is 2.80 bits per heavy atom. The SMILES string of the molecule is O=S(=O)(Cl)CC1CCc2cc(Cl)ccc21. The number of aryl methyl sites for hydroxylation is 1. The van der Waals surface area contributed by atoms with Gasteiger partial charge in [-0.05, 0) is 42.0 Å². The summed E-state index contributed by atoms with van der Waals surface area (Å²) in [5, 5.41) is 0.697. The minimum Gasteiger partial charge on any atom is -0.212 e. The Labute approximate surface area is 98.6 Å². The molecule has 2 rings (SSSR count). The van der Waals surface area contributed by atoms with Crippen LogP contribution in [0.25, 0.3) is 0 Å². The molecule has 0 fully saturated rings. The first-order valence-corrected chi connectivity index (χ1v) is 7.52. The fourth-order valence-corrected chi connectivity index (χ4v) is 3.57. The van der Waals surface area contributed by atoms with Crippen LogP contribution in [0.3, 0.4) is 0 Å². The Kier molecular flexibility index (Phi) is 2.97. The van der Waals surface area contributed by atoms with Crippen LogP contribution in [0.2, 0.25) is 5.02 Å². The third kappa shape index (κ3) is 2.65. The van der Waals surface area contributed by atoms with E-state index in [1.165, 1.54) is 0 Å². The highest BCUT2D eigenvalue weighted by molar-refractivity contribution is 8.13. The molecular weight excluding hydrogens is 255 g/mol. The summed E-state index contributed by atoms with van der Waals surface area (Å²) in [6, 6.07) is 5.59. The minimum atomic E-state index is -3.42. The van der Waals surface area contributed by atoms with Crippen molar-refractivity contribution in [3.63, 3.8) is 0 Å². The monoisotopic (exact) mass is 264 g/mol. The summed E-state index contributed by atoms with van der Waals surface area (Å²) in [5.41, 5.74) is 2.22. The van der Waals surface area contributed by atoms with Crippen LogP contribution in [0, 0.1) is 0 Å². The van der Waals surface area contributed by atoms with Crippen molar-refractivity contribution in [3.05, 3.63) is 34.3 Å². The molecule has 1 unspecified atom stereocenters. The molecule has 2 nitrogen and oxygen atoms in total. The first-order chi connectivity index (χ1) is 6.96. The van der Waals surface area contributed by atoms with Crippen molar-refractivity contribution < 1.29 is 8.42 Å². The normalized spacial score (nSPS) is 20.3. The number of rotatable bonds is 2. The number of hydrogen-bond donors (Lipinski definition) is 0. The van der Waals surface area contributed by atoms with Gasteiger partial charge in [0.2, 0.25) is 9.05 Å². The fraction of sp³-hybridized carbons (Fsp3) is 0.400. The summed E-state index contributed by atoms with van der Waals surface area (Å²) in [7, 11) is 1.84. The highest BCUT2D eigenvalue weighted by Gasteiger charge is 2.26. The average molecular weight is 265 g/mol. The van der Waals surface area contributed by atoms with E-state index in [9.17, 15) is 8.42 Å². The van der Waals surface area contributed by atoms with Crippen molar-refractivity contribution in [2.24, 2.45) is 0 Å². The Bertz CT molecular complexity index is 482. The van der Waals surface area contributed by atoms with E-state index in [0.717, 1.165) is 24.0 Å². The molecule has 1 aromatic rings. The van der Waals surface area contributed by atoms with Crippen molar-refractivity contribution in [2.45, 2.75) is 18.8 Å². The second kappa shape index (κ2) is 3.96. The van der Waals surface area contributed by atoms with Crippen LogP contribution in [-0.4, -0.2) is 14.2 Å². The molecule has 0 aromatic heterocycles. The third-order valence-electron chi connectivity index (χ3n) is 2.71. The molecule has 0 bridgehead atoms. The van der Waals surface area contributed by atoms with E-state index < -0.39 is 9.05 Å². The maximum absolute atomic E-state index is 11.0. The summed E-state index contributed by atoms with van der Waals surface area (Å²) in [6.07, 6.45) is 1.72. The Hall–Kier alpha value is -0.250. The number of fused-ring (bicyclic) bond motifs is 1. The van der Waals surface area contributed by atoms with Crippen LogP contribution >= 0.6 is 22.3 Å². The Morgan fingerprint density at radius 1 is 1.40 bits per heavy atom. The summed E-state index contributed by atoms with van der Waals surface area (Å²) in [6.45, 7) is 0. The molecule has 0 heterocycles. The molecule has 0 saturated carbocycles. The summed E-state index contributed by atoms with van der Waals surface area (Å²) < 4.78 is 22.0. The maximum atomic E-state index is 11.0. The standard InChI is InChI=1S/C10H10Cl2O2S/c11-9-3-4-10-7(5-9)1-2-8(10)6-15(12,13)14/h3-5,8H,1-2,6H2. The van der Waals surface area contributed by atoms with E-state index in [-0.39, 0.29) is 11.7 Å². The van der Waals surface area contributed by atoms with E-state index in [4.69, 9.17) is 22.3 Å². The molecule has 0 amide bonds. The van der Waals surface area contributed by atoms with Crippen LogP contribution in [0.4, 0.5) is 0 Å². The van der Waals surface area contributed by atoms with Gasteiger partial charge >= 0.3 is 0 Å². The lowest BCUT2D eigenvalue weighted by Crippen LogP contribution is -2.07. The van der Waals surface area contributed by atoms with Crippen molar-refractivity contribution in [2.75, 3.05) is 5.75 Å². The first-order valence-electron chi connectivity index (χ1n) is 4.66.